The summed E-state index contributed by atoms with van der Waals surface area (Å²) in [7, 11) is 3.11. The third-order valence-electron chi connectivity index (χ3n) is 3.56. The van der Waals surface area contributed by atoms with Crippen molar-refractivity contribution in [3.8, 4) is 11.5 Å². The Morgan fingerprint density at radius 1 is 1.35 bits per heavy atom. The lowest BCUT2D eigenvalue weighted by atomic mass is 9.94. The molecule has 0 spiro atoms. The van der Waals surface area contributed by atoms with Gasteiger partial charge in [-0.3, -0.25) is 4.79 Å². The second kappa shape index (κ2) is 7.04. The van der Waals surface area contributed by atoms with Crippen LogP contribution in [0.25, 0.3) is 0 Å². The van der Waals surface area contributed by atoms with Gasteiger partial charge in [0.2, 0.25) is 0 Å². The molecule has 7 nitrogen and oxygen atoms in total. The van der Waals surface area contributed by atoms with E-state index in [0.29, 0.717) is 29.4 Å². The molecule has 0 aromatic heterocycles. The summed E-state index contributed by atoms with van der Waals surface area (Å²) in [5.41, 5.74) is 1.72. The molecule has 124 valence electrons. The zero-order chi connectivity index (χ0) is 17.0. The highest BCUT2D eigenvalue weighted by Crippen LogP contribution is 2.34. The first-order chi connectivity index (χ1) is 11.0. The van der Waals surface area contributed by atoms with Crippen LogP contribution in [0.3, 0.4) is 0 Å². The highest BCUT2D eigenvalue weighted by Gasteiger charge is 2.31. The summed E-state index contributed by atoms with van der Waals surface area (Å²) in [5, 5.41) is 7.99. The molecule has 1 aliphatic heterocycles. The molecule has 1 aromatic carbocycles. The minimum atomic E-state index is -0.561. The van der Waals surface area contributed by atoms with Crippen LogP contribution >= 0.6 is 0 Å². The van der Waals surface area contributed by atoms with Crippen LogP contribution < -0.4 is 25.4 Å². The number of benzene rings is 1. The van der Waals surface area contributed by atoms with Crippen LogP contribution in [0.2, 0.25) is 0 Å². The average Bonchev–Trinajstić information content (AvgIpc) is 2.53. The summed E-state index contributed by atoms with van der Waals surface area (Å²) in [5.74, 6) is 0.904. The van der Waals surface area contributed by atoms with Crippen molar-refractivity contribution >= 4 is 11.9 Å². The molecule has 23 heavy (non-hydrogen) atoms. The van der Waals surface area contributed by atoms with E-state index in [1.54, 1.807) is 39.3 Å². The van der Waals surface area contributed by atoms with Crippen molar-refractivity contribution in [2.45, 2.75) is 19.9 Å². The van der Waals surface area contributed by atoms with E-state index in [1.165, 1.54) is 0 Å². The first kappa shape index (κ1) is 16.7. The Hall–Kier alpha value is -2.70. The van der Waals surface area contributed by atoms with Gasteiger partial charge in [0.1, 0.15) is 0 Å². The van der Waals surface area contributed by atoms with Crippen LogP contribution in [0.4, 0.5) is 4.79 Å². The highest BCUT2D eigenvalue weighted by molar-refractivity contribution is 5.98. The van der Waals surface area contributed by atoms with Gasteiger partial charge in [-0.2, -0.15) is 0 Å². The molecule has 3 amide bonds. The third kappa shape index (κ3) is 3.39. The van der Waals surface area contributed by atoms with Gasteiger partial charge in [0.25, 0.3) is 5.91 Å². The summed E-state index contributed by atoms with van der Waals surface area (Å²) in [6.07, 6.45) is 0. The second-order valence-corrected chi connectivity index (χ2v) is 4.99. The minimum absolute atomic E-state index is 0.256. The lowest BCUT2D eigenvalue weighted by molar-refractivity contribution is -0.117. The minimum Gasteiger partial charge on any atom is -0.493 e. The number of allylic oxidation sites excluding steroid dienone is 1. The Balaban J connectivity index is 2.49. The number of carbonyl (C=O) groups is 2. The molecule has 1 aliphatic rings. The average molecular weight is 319 g/mol. The Labute approximate surface area is 135 Å². The molecule has 7 heteroatoms. The molecule has 2 rings (SSSR count). The predicted octanol–water partition coefficient (Wildman–Crippen LogP) is 1.47. The van der Waals surface area contributed by atoms with E-state index >= 15 is 0 Å². The molecule has 1 aromatic rings. The van der Waals surface area contributed by atoms with E-state index in [9.17, 15) is 9.59 Å². The van der Waals surface area contributed by atoms with Crippen molar-refractivity contribution in [2.75, 3.05) is 20.8 Å². The van der Waals surface area contributed by atoms with Crippen molar-refractivity contribution in [3.05, 3.63) is 35.0 Å². The van der Waals surface area contributed by atoms with Crippen molar-refractivity contribution in [1.82, 2.24) is 16.0 Å². The van der Waals surface area contributed by atoms with Crippen molar-refractivity contribution < 1.29 is 19.1 Å². The van der Waals surface area contributed by atoms with Gasteiger partial charge < -0.3 is 25.4 Å². The lowest BCUT2D eigenvalue weighted by Gasteiger charge is -2.28. The summed E-state index contributed by atoms with van der Waals surface area (Å²) in [4.78, 5) is 24.0. The molecule has 1 unspecified atom stereocenters. The van der Waals surface area contributed by atoms with E-state index in [2.05, 4.69) is 16.0 Å². The number of amides is 3. The SMILES string of the molecule is CCOc1cc(C2NC(=O)NC(C)=C2C(=O)NC)ccc1OC. The van der Waals surface area contributed by atoms with Crippen molar-refractivity contribution in [2.24, 2.45) is 0 Å². The van der Waals surface area contributed by atoms with Gasteiger partial charge in [0.05, 0.1) is 25.3 Å². The fourth-order valence-electron chi connectivity index (χ4n) is 2.52. The van der Waals surface area contributed by atoms with E-state index in [-0.39, 0.29) is 11.9 Å². The molecule has 1 heterocycles. The molecule has 1 atom stereocenters. The maximum absolute atomic E-state index is 12.2. The van der Waals surface area contributed by atoms with Gasteiger partial charge in [0.15, 0.2) is 11.5 Å². The fourth-order valence-corrected chi connectivity index (χ4v) is 2.52. The quantitative estimate of drug-likeness (QED) is 0.767. The van der Waals surface area contributed by atoms with E-state index < -0.39 is 6.04 Å². The summed E-state index contributed by atoms with van der Waals surface area (Å²) in [6, 6.07) is 4.41. The van der Waals surface area contributed by atoms with E-state index in [4.69, 9.17) is 9.47 Å². The number of methoxy groups -OCH3 is 1. The number of ether oxygens (including phenoxy) is 2. The summed E-state index contributed by atoms with van der Waals surface area (Å²) < 4.78 is 10.8. The van der Waals surface area contributed by atoms with Crippen LogP contribution in [-0.4, -0.2) is 32.7 Å². The predicted molar refractivity (Wildman–Crippen MR) is 85.3 cm³/mol. The summed E-state index contributed by atoms with van der Waals surface area (Å²) in [6.45, 7) is 4.05. The Kier molecular flexibility index (Phi) is 5.10. The van der Waals surface area contributed by atoms with Gasteiger partial charge in [0, 0.05) is 12.7 Å². The number of carbonyl (C=O) groups excluding carboxylic acids is 2. The lowest BCUT2D eigenvalue weighted by Crippen LogP contribution is -2.46. The van der Waals surface area contributed by atoms with Crippen LogP contribution in [0.1, 0.15) is 25.5 Å². The Morgan fingerprint density at radius 3 is 2.70 bits per heavy atom. The number of urea groups is 1. The topological polar surface area (TPSA) is 88.7 Å². The third-order valence-corrected chi connectivity index (χ3v) is 3.56. The molecule has 0 radical (unpaired) electrons. The molecular weight excluding hydrogens is 298 g/mol. The largest absolute Gasteiger partial charge is 0.493 e. The van der Waals surface area contributed by atoms with E-state index in [0.717, 1.165) is 5.56 Å². The normalized spacial score (nSPS) is 17.2. The maximum atomic E-state index is 12.2. The highest BCUT2D eigenvalue weighted by atomic mass is 16.5. The Morgan fingerprint density at radius 2 is 2.09 bits per heavy atom. The van der Waals surface area contributed by atoms with Crippen LogP contribution in [0.15, 0.2) is 29.5 Å². The van der Waals surface area contributed by atoms with Gasteiger partial charge >= 0.3 is 6.03 Å². The molecule has 0 bridgehead atoms. The molecule has 0 fully saturated rings. The molecule has 3 N–H and O–H groups in total. The molecular formula is C16H21N3O4. The first-order valence-electron chi connectivity index (χ1n) is 7.32. The van der Waals surface area contributed by atoms with Gasteiger partial charge in [-0.15, -0.1) is 0 Å². The Bertz CT molecular complexity index is 655. The number of hydrogen-bond donors (Lipinski definition) is 3. The number of likely N-dealkylation sites (N-methyl/N-ethyl adjacent to an activating group) is 1. The number of hydrogen-bond acceptors (Lipinski definition) is 4. The summed E-state index contributed by atoms with van der Waals surface area (Å²) >= 11 is 0. The monoisotopic (exact) mass is 319 g/mol. The number of nitrogens with one attached hydrogen (secondary N) is 3. The zero-order valence-corrected chi connectivity index (χ0v) is 13.6. The first-order valence-corrected chi connectivity index (χ1v) is 7.32. The standard InChI is InChI=1S/C16H21N3O4/c1-5-23-12-8-10(6-7-11(12)22-4)14-13(15(20)17-3)9(2)18-16(21)19-14/h6-8,14H,5H2,1-4H3,(H,17,20)(H2,18,19,21). The fraction of sp³-hybridized carbons (Fsp3) is 0.375. The second-order valence-electron chi connectivity index (χ2n) is 4.99. The van der Waals surface area contributed by atoms with Crippen LogP contribution in [0, 0.1) is 0 Å². The van der Waals surface area contributed by atoms with Crippen molar-refractivity contribution in [1.29, 1.82) is 0 Å². The zero-order valence-electron chi connectivity index (χ0n) is 13.6. The van der Waals surface area contributed by atoms with Gasteiger partial charge in [-0.1, -0.05) is 6.07 Å². The van der Waals surface area contributed by atoms with Crippen molar-refractivity contribution in [3.63, 3.8) is 0 Å². The molecule has 0 saturated carbocycles. The van der Waals surface area contributed by atoms with E-state index in [1.807, 2.05) is 6.92 Å². The smallest absolute Gasteiger partial charge is 0.319 e. The number of rotatable bonds is 5. The van der Waals surface area contributed by atoms with Gasteiger partial charge in [-0.05, 0) is 31.5 Å². The van der Waals surface area contributed by atoms with Crippen LogP contribution in [-0.2, 0) is 4.79 Å². The van der Waals surface area contributed by atoms with Gasteiger partial charge in [-0.25, -0.2) is 4.79 Å². The molecule has 0 aliphatic carbocycles. The van der Waals surface area contributed by atoms with Crippen LogP contribution in [0.5, 0.6) is 11.5 Å². The molecule has 0 saturated heterocycles. The maximum Gasteiger partial charge on any atom is 0.319 e.